The molecule has 0 atom stereocenters. The van der Waals surface area contributed by atoms with Crippen LogP contribution in [0.1, 0.15) is 5.56 Å². The number of carbonyl (C=O) groups excluding carboxylic acids is 1. The average Bonchev–Trinajstić information content (AvgIpc) is 3.38. The maximum atomic E-state index is 14.1. The number of benzene rings is 1. The van der Waals surface area contributed by atoms with Crippen molar-refractivity contribution in [2.45, 2.75) is 6.54 Å². The molecule has 9 nitrogen and oxygen atoms in total. The van der Waals surface area contributed by atoms with E-state index in [9.17, 15) is 9.18 Å². The minimum Gasteiger partial charge on any atom is -0.374 e. The third-order valence-electron chi connectivity index (χ3n) is 4.11. The number of amides is 1. The fourth-order valence-electron chi connectivity index (χ4n) is 2.73. The van der Waals surface area contributed by atoms with Gasteiger partial charge >= 0.3 is 0 Å². The van der Waals surface area contributed by atoms with Crippen LogP contribution in [0.3, 0.4) is 0 Å². The molecule has 0 saturated carbocycles. The lowest BCUT2D eigenvalue weighted by Gasteiger charge is -2.06. The van der Waals surface area contributed by atoms with Crippen LogP contribution in [0.5, 0.6) is 0 Å². The second-order valence-electron chi connectivity index (χ2n) is 6.16. The molecule has 1 amide bonds. The van der Waals surface area contributed by atoms with Crippen molar-refractivity contribution in [2.24, 2.45) is 5.73 Å². The van der Waals surface area contributed by atoms with Crippen LogP contribution in [-0.2, 0) is 11.3 Å². The Morgan fingerprint density at radius 3 is 2.66 bits per heavy atom. The summed E-state index contributed by atoms with van der Waals surface area (Å²) in [6.45, 7) is 0.184. The van der Waals surface area contributed by atoms with Gasteiger partial charge in [0.15, 0.2) is 5.82 Å². The van der Waals surface area contributed by atoms with E-state index in [1.165, 1.54) is 24.7 Å². The van der Waals surface area contributed by atoms with Gasteiger partial charge in [0.05, 0.1) is 36.9 Å². The van der Waals surface area contributed by atoms with Crippen molar-refractivity contribution in [3.05, 3.63) is 66.4 Å². The Labute approximate surface area is 164 Å². The second kappa shape index (κ2) is 7.89. The van der Waals surface area contributed by atoms with E-state index in [4.69, 9.17) is 10.3 Å². The zero-order chi connectivity index (χ0) is 20.2. The third kappa shape index (κ3) is 4.10. The largest absolute Gasteiger partial charge is 0.374 e. The average molecular weight is 393 g/mol. The minimum atomic E-state index is -0.488. The number of anilines is 1. The Hall–Kier alpha value is -4.08. The number of hydrogen-bond acceptors (Lipinski definition) is 7. The van der Waals surface area contributed by atoms with Crippen molar-refractivity contribution in [3.8, 4) is 22.9 Å². The van der Waals surface area contributed by atoms with E-state index in [-0.39, 0.29) is 18.9 Å². The topological polar surface area (TPSA) is 125 Å². The Bertz CT molecular complexity index is 1120. The zero-order valence-electron chi connectivity index (χ0n) is 15.1. The van der Waals surface area contributed by atoms with Gasteiger partial charge < -0.3 is 15.6 Å². The van der Waals surface area contributed by atoms with Crippen molar-refractivity contribution in [1.29, 1.82) is 0 Å². The molecule has 0 aliphatic carbocycles. The van der Waals surface area contributed by atoms with Crippen molar-refractivity contribution in [3.63, 3.8) is 0 Å². The molecule has 3 aromatic heterocycles. The summed E-state index contributed by atoms with van der Waals surface area (Å²) < 4.78 is 20.7. The fourth-order valence-corrected chi connectivity index (χ4v) is 2.73. The Morgan fingerprint density at radius 1 is 1.17 bits per heavy atom. The van der Waals surface area contributed by atoms with Crippen LogP contribution in [0.4, 0.5) is 10.1 Å². The first-order valence-corrected chi connectivity index (χ1v) is 8.67. The van der Waals surface area contributed by atoms with Gasteiger partial charge in [0.25, 0.3) is 0 Å². The molecule has 0 saturated heterocycles. The summed E-state index contributed by atoms with van der Waals surface area (Å²) >= 11 is 0. The lowest BCUT2D eigenvalue weighted by Crippen LogP contribution is -2.21. The van der Waals surface area contributed by atoms with E-state index in [1.807, 2.05) is 0 Å². The molecule has 4 rings (SSSR count). The van der Waals surface area contributed by atoms with E-state index in [0.717, 1.165) is 0 Å². The van der Waals surface area contributed by atoms with Gasteiger partial charge in [-0.3, -0.25) is 9.48 Å². The first-order valence-electron chi connectivity index (χ1n) is 8.67. The Balaban J connectivity index is 1.66. The number of primary amides is 1. The second-order valence-corrected chi connectivity index (χ2v) is 6.16. The molecule has 0 unspecified atom stereocenters. The summed E-state index contributed by atoms with van der Waals surface area (Å²) in [6, 6.07) is 9.93. The predicted molar refractivity (Wildman–Crippen MR) is 102 cm³/mol. The molecule has 0 spiro atoms. The summed E-state index contributed by atoms with van der Waals surface area (Å²) in [6.07, 6.45) is 4.50. The van der Waals surface area contributed by atoms with E-state index in [1.54, 1.807) is 35.0 Å². The van der Waals surface area contributed by atoms with Crippen LogP contribution in [0, 0.1) is 5.82 Å². The quantitative estimate of drug-likeness (QED) is 0.492. The van der Waals surface area contributed by atoms with Crippen molar-refractivity contribution in [1.82, 2.24) is 24.9 Å². The Kier molecular flexibility index (Phi) is 4.97. The number of carbonyl (C=O) groups is 1. The SMILES string of the molecule is NC(=O)CNc1cnc(-c2cc(-c3ccon3)n(Cc3ccccc3F)n2)nc1. The van der Waals surface area contributed by atoms with Crippen LogP contribution >= 0.6 is 0 Å². The van der Waals surface area contributed by atoms with Gasteiger partial charge in [-0.25, -0.2) is 14.4 Å². The first-order chi connectivity index (χ1) is 14.1. The first kappa shape index (κ1) is 18.3. The molecule has 0 aliphatic rings. The molecule has 0 fully saturated rings. The molecule has 1 aromatic carbocycles. The maximum absolute atomic E-state index is 14.1. The predicted octanol–water partition coefficient (Wildman–Crippen LogP) is 2.08. The molecule has 10 heteroatoms. The molecule has 3 N–H and O–H groups in total. The molecule has 146 valence electrons. The van der Waals surface area contributed by atoms with Gasteiger partial charge in [-0.2, -0.15) is 5.10 Å². The number of nitrogens with one attached hydrogen (secondary N) is 1. The highest BCUT2D eigenvalue weighted by molar-refractivity contribution is 5.78. The molecular formula is C19H16FN7O2. The Morgan fingerprint density at radius 2 is 1.97 bits per heavy atom. The number of aromatic nitrogens is 5. The van der Waals surface area contributed by atoms with Crippen molar-refractivity contribution < 1.29 is 13.7 Å². The normalized spacial score (nSPS) is 10.8. The molecule has 4 aromatic rings. The van der Waals surface area contributed by atoms with Gasteiger partial charge in [-0.1, -0.05) is 23.4 Å². The van der Waals surface area contributed by atoms with Crippen LogP contribution in [0.15, 0.2) is 59.6 Å². The molecule has 0 bridgehead atoms. The molecule has 29 heavy (non-hydrogen) atoms. The summed E-state index contributed by atoms with van der Waals surface area (Å²) in [5.41, 5.74) is 7.82. The number of nitrogens with zero attached hydrogens (tertiary/aromatic N) is 5. The van der Waals surface area contributed by atoms with Gasteiger partial charge in [0.1, 0.15) is 23.5 Å². The monoisotopic (exact) mass is 393 g/mol. The van der Waals surface area contributed by atoms with Crippen molar-refractivity contribution in [2.75, 3.05) is 11.9 Å². The maximum Gasteiger partial charge on any atom is 0.236 e. The summed E-state index contributed by atoms with van der Waals surface area (Å²) in [7, 11) is 0. The number of halogens is 1. The van der Waals surface area contributed by atoms with E-state index < -0.39 is 5.91 Å². The number of hydrogen-bond donors (Lipinski definition) is 2. The lowest BCUT2D eigenvalue weighted by molar-refractivity contribution is -0.116. The van der Waals surface area contributed by atoms with Crippen LogP contribution in [-0.4, -0.2) is 37.4 Å². The standard InChI is InChI=1S/C19H16FN7O2/c20-14-4-2-1-3-12(14)11-27-17(15-5-6-29-26-15)7-16(25-27)19-23-8-13(9-24-19)22-10-18(21)28/h1-9,22H,10-11H2,(H2,21,28). The zero-order valence-corrected chi connectivity index (χ0v) is 15.1. The van der Waals surface area contributed by atoms with Gasteiger partial charge in [-0.05, 0) is 12.1 Å². The van der Waals surface area contributed by atoms with Crippen LogP contribution in [0.2, 0.25) is 0 Å². The number of rotatable bonds is 7. The van der Waals surface area contributed by atoms with E-state index >= 15 is 0 Å². The molecule has 0 aliphatic heterocycles. The highest BCUT2D eigenvalue weighted by atomic mass is 19.1. The highest BCUT2D eigenvalue weighted by Gasteiger charge is 2.16. The van der Waals surface area contributed by atoms with E-state index in [2.05, 4.69) is 25.5 Å². The van der Waals surface area contributed by atoms with Crippen molar-refractivity contribution >= 4 is 11.6 Å². The number of nitrogens with two attached hydrogens (primary N) is 1. The highest BCUT2D eigenvalue weighted by Crippen LogP contribution is 2.25. The minimum absolute atomic E-state index is 0.0176. The fraction of sp³-hybridized carbons (Fsp3) is 0.105. The molecular weight excluding hydrogens is 377 g/mol. The summed E-state index contributed by atoms with van der Waals surface area (Å²) in [4.78, 5) is 19.4. The third-order valence-corrected chi connectivity index (χ3v) is 4.11. The molecule has 0 radical (unpaired) electrons. The van der Waals surface area contributed by atoms with Gasteiger partial charge in [0.2, 0.25) is 5.91 Å². The van der Waals surface area contributed by atoms with Gasteiger partial charge in [0, 0.05) is 11.6 Å². The van der Waals surface area contributed by atoms with Gasteiger partial charge in [-0.15, -0.1) is 0 Å². The van der Waals surface area contributed by atoms with Crippen LogP contribution in [0.25, 0.3) is 22.9 Å². The lowest BCUT2D eigenvalue weighted by atomic mass is 10.2. The van der Waals surface area contributed by atoms with Crippen LogP contribution < -0.4 is 11.1 Å². The summed E-state index contributed by atoms with van der Waals surface area (Å²) in [5.74, 6) is -0.443. The van der Waals surface area contributed by atoms with E-state index in [0.29, 0.717) is 34.2 Å². The molecule has 3 heterocycles. The smallest absolute Gasteiger partial charge is 0.236 e. The summed E-state index contributed by atoms with van der Waals surface area (Å²) in [5, 5.41) is 11.3.